The van der Waals surface area contributed by atoms with Crippen molar-refractivity contribution in [2.45, 2.75) is 92.1 Å². The lowest BCUT2D eigenvalue weighted by Crippen LogP contribution is -2.63. The number of rotatable bonds is 18. The van der Waals surface area contributed by atoms with E-state index in [9.17, 15) is 76.0 Å². The number of aliphatic hydroxyl groups is 8. The van der Waals surface area contributed by atoms with Crippen molar-refractivity contribution in [1.82, 2.24) is 0 Å². The van der Waals surface area contributed by atoms with Crippen LogP contribution in [0.5, 0.6) is 57.5 Å². The van der Waals surface area contributed by atoms with Gasteiger partial charge in [-0.25, -0.2) is 9.59 Å². The van der Waals surface area contributed by atoms with Gasteiger partial charge in [0.1, 0.15) is 84.6 Å². The van der Waals surface area contributed by atoms with E-state index in [1.165, 1.54) is 76.0 Å². The number of carbonyl (C=O) groups is 2. The number of carbonyl (C=O) groups excluding carboxylic acids is 2. The van der Waals surface area contributed by atoms with Gasteiger partial charge in [0.15, 0.2) is 59.1 Å². The fourth-order valence-electron chi connectivity index (χ4n) is 8.75. The third-order valence-electron chi connectivity index (χ3n) is 13.1. The number of fused-ring (bicyclic) bond motifs is 1. The van der Waals surface area contributed by atoms with Crippen LogP contribution in [0.4, 0.5) is 0 Å². The number of aliphatic hydroxyl groups excluding tert-OH is 8. The normalized spacial score (nSPS) is 29.4. The number of hydrogen-bond donors (Lipinski definition) is 13. The van der Waals surface area contributed by atoms with Crippen LogP contribution in [-0.4, -0.2) is 205 Å². The molecule has 0 spiro atoms. The van der Waals surface area contributed by atoms with Crippen molar-refractivity contribution in [2.24, 2.45) is 0 Å². The Morgan fingerprint density at radius 2 is 1.26 bits per heavy atom. The van der Waals surface area contributed by atoms with Gasteiger partial charge >= 0.3 is 11.9 Å². The number of ether oxygens (including phenoxy) is 12. The van der Waals surface area contributed by atoms with Gasteiger partial charge in [-0.1, -0.05) is 12.1 Å². The standard InChI is InChI=1S/C53H58O27/c1-69-33-12-22(4-8-28(33)57)5-10-39(60)72-21-38-44(65)46(67)50(80-52-49(41(62)30(59)20-73-52)79-40(61)11-6-23-13-34(70-2)42(63)35(14-23)71-3)53(78-38)76-36-18-26-31(74-48(36)24-7-9-27(56)29(58)15-24)16-25(55)17-32(26)75-51-47(68)45(66)43(64)37(19-54)77-51/h4-18,30,37-38,41,43-59,62-68H,19-21H2,1-3H3/b10-5+,11-6+/t30-,37-,38-,41+,43-,44-,45+,46+,47-,48?,49+,50-,51-,52+,53-/m1/s1. The number of esters is 2. The summed E-state index contributed by atoms with van der Waals surface area (Å²) in [5.41, 5.74) is 0.643. The zero-order valence-electron chi connectivity index (χ0n) is 42.5. The fraction of sp³-hybridized carbons (Fsp3) is 0.396. The van der Waals surface area contributed by atoms with E-state index in [-0.39, 0.29) is 62.7 Å². The van der Waals surface area contributed by atoms with Gasteiger partial charge in [0.05, 0.1) is 40.1 Å². The van der Waals surface area contributed by atoms with E-state index in [0.717, 1.165) is 36.4 Å². The molecule has 27 heteroatoms. The van der Waals surface area contributed by atoms with Crippen LogP contribution in [0.25, 0.3) is 18.2 Å². The Hall–Kier alpha value is -7.64. The third-order valence-corrected chi connectivity index (χ3v) is 13.1. The molecule has 27 nitrogen and oxygen atoms in total. The third kappa shape index (κ3) is 12.8. The van der Waals surface area contributed by atoms with Gasteiger partial charge in [0, 0.05) is 29.8 Å². The topological polar surface area (TPSA) is 408 Å². The van der Waals surface area contributed by atoms with Gasteiger partial charge in [0.25, 0.3) is 0 Å². The van der Waals surface area contributed by atoms with Gasteiger partial charge in [-0.3, -0.25) is 0 Å². The molecule has 8 rings (SSSR count). The minimum atomic E-state index is -2.13. The molecule has 0 radical (unpaired) electrons. The summed E-state index contributed by atoms with van der Waals surface area (Å²) in [6.45, 7) is -2.25. The van der Waals surface area contributed by atoms with Gasteiger partial charge in [-0.05, 0) is 65.8 Å². The Labute approximate surface area is 453 Å². The summed E-state index contributed by atoms with van der Waals surface area (Å²) in [4.78, 5) is 26.5. The SMILES string of the molecule is COc1cc(/C=C/C(=O)OC[C@H]2O[C@@H](OC3=Cc4c(cc(O)cc4O[C@@H]4O[C@H](CO)[C@@H](O)[C@H](O)[C@H]4O)OC3c3ccc(O)c(O)c3)[C@H](O[C@@H]3OC[C@@H](O)[C@H](O)[C@@H]3OC(=O)/C=C/c3cc(OC)c(O)c(OC)c3)[C@@H](O)[C@@H]2O)ccc1O. The largest absolute Gasteiger partial charge is 0.508 e. The highest BCUT2D eigenvalue weighted by atomic mass is 16.8. The molecule has 0 aliphatic carbocycles. The van der Waals surface area contributed by atoms with Crippen molar-refractivity contribution >= 4 is 30.2 Å². The number of methoxy groups -OCH3 is 3. The summed E-state index contributed by atoms with van der Waals surface area (Å²) >= 11 is 0. The van der Waals surface area contributed by atoms with Crippen molar-refractivity contribution in [1.29, 1.82) is 0 Å². The van der Waals surface area contributed by atoms with Gasteiger partial charge in [-0.15, -0.1) is 0 Å². The molecule has 0 saturated carbocycles. The lowest BCUT2D eigenvalue weighted by atomic mass is 9.97. The van der Waals surface area contributed by atoms with Gasteiger partial charge in [-0.2, -0.15) is 0 Å². The molecule has 80 heavy (non-hydrogen) atoms. The molecule has 4 aliphatic heterocycles. The molecule has 4 aliphatic rings. The van der Waals surface area contributed by atoms with Crippen LogP contribution < -0.4 is 23.7 Å². The molecule has 0 aromatic heterocycles. The minimum Gasteiger partial charge on any atom is -0.508 e. The molecule has 432 valence electrons. The maximum absolute atomic E-state index is 13.4. The smallest absolute Gasteiger partial charge is 0.331 e. The van der Waals surface area contributed by atoms with Crippen LogP contribution in [0.2, 0.25) is 0 Å². The summed E-state index contributed by atoms with van der Waals surface area (Å²) in [5.74, 6) is -5.03. The lowest BCUT2D eigenvalue weighted by molar-refractivity contribution is -0.353. The van der Waals surface area contributed by atoms with E-state index in [2.05, 4.69) is 0 Å². The fourth-order valence-corrected chi connectivity index (χ4v) is 8.75. The average molecular weight is 1130 g/mol. The summed E-state index contributed by atoms with van der Waals surface area (Å²) in [6, 6.07) is 12.6. The molecule has 15 atom stereocenters. The molecule has 0 bridgehead atoms. The summed E-state index contributed by atoms with van der Waals surface area (Å²) < 4.78 is 68.8. The molecule has 1 unspecified atom stereocenters. The number of phenols is 5. The van der Waals surface area contributed by atoms with Crippen molar-refractivity contribution in [3.05, 3.63) is 101 Å². The Morgan fingerprint density at radius 1 is 0.613 bits per heavy atom. The van der Waals surface area contributed by atoms with Crippen molar-refractivity contribution in [2.75, 3.05) is 41.2 Å². The first-order valence-corrected chi connectivity index (χ1v) is 24.3. The first-order valence-electron chi connectivity index (χ1n) is 24.3. The van der Waals surface area contributed by atoms with Crippen LogP contribution in [0.3, 0.4) is 0 Å². The number of aromatic hydroxyl groups is 5. The van der Waals surface area contributed by atoms with Crippen molar-refractivity contribution in [3.8, 4) is 57.5 Å². The predicted molar refractivity (Wildman–Crippen MR) is 267 cm³/mol. The van der Waals surface area contributed by atoms with Crippen molar-refractivity contribution in [3.63, 3.8) is 0 Å². The van der Waals surface area contributed by atoms with Crippen LogP contribution in [0.15, 0.2) is 78.6 Å². The highest BCUT2D eigenvalue weighted by molar-refractivity contribution is 5.88. The summed E-state index contributed by atoms with van der Waals surface area (Å²) in [7, 11) is 3.90. The zero-order chi connectivity index (χ0) is 57.7. The zero-order valence-corrected chi connectivity index (χ0v) is 42.5. The van der Waals surface area contributed by atoms with E-state index < -0.39 is 141 Å². The van der Waals surface area contributed by atoms with E-state index in [0.29, 0.717) is 5.56 Å². The molecule has 13 N–H and O–H groups in total. The lowest BCUT2D eigenvalue weighted by Gasteiger charge is -2.45. The second kappa shape index (κ2) is 25.2. The molecular weight excluding hydrogens is 1070 g/mol. The summed E-state index contributed by atoms with van der Waals surface area (Å²) in [6.07, 6.45) is -21.8. The molecule has 3 saturated heterocycles. The first-order chi connectivity index (χ1) is 38.2. The predicted octanol–water partition coefficient (Wildman–Crippen LogP) is -0.298. The maximum Gasteiger partial charge on any atom is 0.331 e. The first kappa shape index (κ1) is 58.5. The Kier molecular flexibility index (Phi) is 18.4. The molecule has 4 aromatic carbocycles. The summed E-state index contributed by atoms with van der Waals surface area (Å²) in [5, 5.41) is 139. The van der Waals surface area contributed by atoms with E-state index in [4.69, 9.17) is 56.8 Å². The molecule has 3 fully saturated rings. The van der Waals surface area contributed by atoms with Crippen molar-refractivity contribution < 1.29 is 133 Å². The van der Waals surface area contributed by atoms with E-state index in [1.807, 2.05) is 0 Å². The second-order valence-corrected chi connectivity index (χ2v) is 18.4. The number of phenolic OH excluding ortho intramolecular Hbond substituents is 5. The van der Waals surface area contributed by atoms with Crippen LogP contribution in [0, 0.1) is 0 Å². The second-order valence-electron chi connectivity index (χ2n) is 18.4. The van der Waals surface area contributed by atoms with Crippen LogP contribution in [0.1, 0.15) is 28.4 Å². The van der Waals surface area contributed by atoms with E-state index in [1.54, 1.807) is 0 Å². The monoisotopic (exact) mass is 1130 g/mol. The van der Waals surface area contributed by atoms with Crippen LogP contribution >= 0.6 is 0 Å². The Balaban J connectivity index is 1.14. The molecule has 4 aromatic rings. The molecule has 0 amide bonds. The maximum atomic E-state index is 13.4. The molecule has 4 heterocycles. The average Bonchev–Trinajstić information content (AvgIpc) is 3.46. The highest BCUT2D eigenvalue weighted by Gasteiger charge is 2.52. The Morgan fingerprint density at radius 3 is 1.95 bits per heavy atom. The minimum absolute atomic E-state index is 0.00467. The van der Waals surface area contributed by atoms with Gasteiger partial charge in [0.2, 0.25) is 18.3 Å². The Bertz CT molecular complexity index is 2920. The van der Waals surface area contributed by atoms with Gasteiger partial charge < -0.3 is 123 Å². The number of hydrogen-bond acceptors (Lipinski definition) is 27. The number of benzene rings is 4. The van der Waals surface area contributed by atoms with E-state index >= 15 is 0 Å². The molecular formula is C53H58O27. The quantitative estimate of drug-likeness (QED) is 0.0346. The van der Waals surface area contributed by atoms with Crippen LogP contribution in [-0.2, 0) is 42.7 Å². The highest BCUT2D eigenvalue weighted by Crippen LogP contribution is 2.47.